The maximum atomic E-state index is 10.7. The Morgan fingerprint density at radius 1 is 1.45 bits per heavy atom. The van der Waals surface area contributed by atoms with E-state index in [1.54, 1.807) is 12.1 Å². The third kappa shape index (κ3) is 3.73. The number of nitrogens with two attached hydrogens (primary N) is 1. The number of aliphatic hydroxyl groups excluding tert-OH is 1. The first-order valence-electron chi connectivity index (χ1n) is 6.94. The van der Waals surface area contributed by atoms with Crippen LogP contribution in [0.5, 0.6) is 0 Å². The van der Waals surface area contributed by atoms with Crippen LogP contribution in [-0.4, -0.2) is 40.1 Å². The van der Waals surface area contributed by atoms with E-state index in [4.69, 9.17) is 5.73 Å². The SMILES string of the molecule is C=CN(/N=C(\N)N1CCC(O)CC1)c1ccc([N+](=O)[O-])cc1. The van der Waals surface area contributed by atoms with E-state index >= 15 is 0 Å². The van der Waals surface area contributed by atoms with Crippen molar-refractivity contribution >= 4 is 17.3 Å². The Kier molecular flexibility index (Phi) is 4.95. The Balaban J connectivity index is 2.12. The number of piperidine rings is 1. The minimum Gasteiger partial charge on any atom is -0.393 e. The summed E-state index contributed by atoms with van der Waals surface area (Å²) in [6.07, 6.45) is 2.51. The summed E-state index contributed by atoms with van der Waals surface area (Å²) in [6, 6.07) is 5.96. The molecule has 3 N–H and O–H groups in total. The van der Waals surface area contributed by atoms with Gasteiger partial charge in [0.1, 0.15) is 0 Å². The number of guanidine groups is 1. The molecule has 0 saturated carbocycles. The fraction of sp³-hybridized carbons (Fsp3) is 0.357. The van der Waals surface area contributed by atoms with Crippen molar-refractivity contribution in [1.29, 1.82) is 0 Å². The number of anilines is 1. The van der Waals surface area contributed by atoms with Crippen molar-refractivity contribution in [3.05, 3.63) is 47.2 Å². The van der Waals surface area contributed by atoms with E-state index in [9.17, 15) is 15.2 Å². The van der Waals surface area contributed by atoms with E-state index in [0.717, 1.165) is 0 Å². The molecule has 0 aliphatic carbocycles. The molecular weight excluding hydrogens is 286 g/mol. The van der Waals surface area contributed by atoms with Gasteiger partial charge in [0.15, 0.2) is 0 Å². The fourth-order valence-electron chi connectivity index (χ4n) is 2.20. The maximum Gasteiger partial charge on any atom is 0.269 e. The lowest BCUT2D eigenvalue weighted by Gasteiger charge is -2.31. The standard InChI is InChI=1S/C14H19N5O3/c1-2-18(11-3-5-12(6-4-11)19(21)22)16-14(15)17-9-7-13(20)8-10-17/h2-6,13,20H,1,7-10H2,(H2,15,16). The number of likely N-dealkylation sites (tertiary alicyclic amines) is 1. The van der Waals surface area contributed by atoms with Gasteiger partial charge >= 0.3 is 0 Å². The molecule has 1 saturated heterocycles. The van der Waals surface area contributed by atoms with E-state index < -0.39 is 4.92 Å². The quantitative estimate of drug-likeness (QED) is 0.375. The lowest BCUT2D eigenvalue weighted by molar-refractivity contribution is -0.384. The van der Waals surface area contributed by atoms with Crippen molar-refractivity contribution in [3.8, 4) is 0 Å². The van der Waals surface area contributed by atoms with Crippen LogP contribution in [0.15, 0.2) is 42.1 Å². The van der Waals surface area contributed by atoms with Gasteiger partial charge in [0, 0.05) is 31.4 Å². The molecule has 0 radical (unpaired) electrons. The maximum absolute atomic E-state index is 10.7. The molecule has 1 aromatic rings. The van der Waals surface area contributed by atoms with Crippen molar-refractivity contribution < 1.29 is 10.0 Å². The van der Waals surface area contributed by atoms with Crippen LogP contribution in [0, 0.1) is 10.1 Å². The van der Waals surface area contributed by atoms with Crippen molar-refractivity contribution in [2.45, 2.75) is 18.9 Å². The van der Waals surface area contributed by atoms with Crippen molar-refractivity contribution in [2.75, 3.05) is 18.1 Å². The highest BCUT2D eigenvalue weighted by atomic mass is 16.6. The third-order valence-corrected chi connectivity index (χ3v) is 3.50. The molecule has 0 atom stereocenters. The molecule has 22 heavy (non-hydrogen) atoms. The molecule has 2 rings (SSSR count). The molecule has 1 aliphatic rings. The summed E-state index contributed by atoms with van der Waals surface area (Å²) in [4.78, 5) is 12.1. The first kappa shape index (κ1) is 15.8. The Morgan fingerprint density at radius 3 is 2.55 bits per heavy atom. The van der Waals surface area contributed by atoms with E-state index in [1.165, 1.54) is 23.3 Å². The van der Waals surface area contributed by atoms with E-state index in [1.807, 2.05) is 4.90 Å². The van der Waals surface area contributed by atoms with Gasteiger partial charge in [0.05, 0.1) is 16.7 Å². The number of non-ortho nitro benzene ring substituents is 1. The van der Waals surface area contributed by atoms with E-state index in [-0.39, 0.29) is 11.8 Å². The number of nitro groups is 1. The lowest BCUT2D eigenvalue weighted by Crippen LogP contribution is -2.44. The number of nitro benzene ring substituents is 1. The molecule has 0 amide bonds. The summed E-state index contributed by atoms with van der Waals surface area (Å²) in [6.45, 7) is 4.96. The van der Waals surface area contributed by atoms with Crippen LogP contribution in [0.2, 0.25) is 0 Å². The second kappa shape index (κ2) is 6.90. The fourth-order valence-corrected chi connectivity index (χ4v) is 2.20. The van der Waals surface area contributed by atoms with Crippen LogP contribution in [0.4, 0.5) is 11.4 Å². The molecule has 8 nitrogen and oxygen atoms in total. The van der Waals surface area contributed by atoms with Gasteiger partial charge in [-0.2, -0.15) is 0 Å². The van der Waals surface area contributed by atoms with Crippen LogP contribution in [0.1, 0.15) is 12.8 Å². The van der Waals surface area contributed by atoms with Crippen LogP contribution >= 0.6 is 0 Å². The smallest absolute Gasteiger partial charge is 0.269 e. The summed E-state index contributed by atoms with van der Waals surface area (Å²) >= 11 is 0. The van der Waals surface area contributed by atoms with Crippen LogP contribution in [0.25, 0.3) is 0 Å². The Bertz CT molecular complexity index is 564. The van der Waals surface area contributed by atoms with Crippen molar-refractivity contribution in [1.82, 2.24) is 4.90 Å². The molecule has 0 spiro atoms. The number of hydrogen-bond acceptors (Lipinski definition) is 5. The predicted molar refractivity (Wildman–Crippen MR) is 84.2 cm³/mol. The number of hydrogen-bond donors (Lipinski definition) is 2. The molecule has 118 valence electrons. The largest absolute Gasteiger partial charge is 0.393 e. The normalized spacial score (nSPS) is 16.4. The Labute approximate surface area is 128 Å². The van der Waals surface area contributed by atoms with E-state index in [2.05, 4.69) is 11.7 Å². The molecule has 1 aromatic carbocycles. The summed E-state index contributed by atoms with van der Waals surface area (Å²) < 4.78 is 0. The zero-order valence-corrected chi connectivity index (χ0v) is 12.1. The number of aliphatic hydroxyl groups is 1. The molecule has 0 unspecified atom stereocenters. The molecule has 0 bridgehead atoms. The summed E-state index contributed by atoms with van der Waals surface area (Å²) in [5, 5.41) is 25.9. The average molecular weight is 305 g/mol. The number of benzene rings is 1. The number of nitrogens with zero attached hydrogens (tertiary/aromatic N) is 4. The Hall–Kier alpha value is -2.61. The van der Waals surface area contributed by atoms with Gasteiger partial charge in [-0.3, -0.25) is 10.1 Å². The van der Waals surface area contributed by atoms with Crippen molar-refractivity contribution in [3.63, 3.8) is 0 Å². The predicted octanol–water partition coefficient (Wildman–Crippen LogP) is 1.23. The monoisotopic (exact) mass is 305 g/mol. The highest BCUT2D eigenvalue weighted by molar-refractivity contribution is 5.79. The molecule has 0 aromatic heterocycles. The van der Waals surface area contributed by atoms with Gasteiger partial charge in [0.2, 0.25) is 5.96 Å². The molecular formula is C14H19N5O3. The number of rotatable bonds is 4. The molecule has 1 heterocycles. The minimum atomic E-state index is -0.460. The number of hydrazone groups is 1. The van der Waals surface area contributed by atoms with Crippen molar-refractivity contribution in [2.24, 2.45) is 10.8 Å². The first-order valence-corrected chi connectivity index (χ1v) is 6.94. The third-order valence-electron chi connectivity index (χ3n) is 3.50. The lowest BCUT2D eigenvalue weighted by atomic mass is 10.1. The first-order chi connectivity index (χ1) is 10.5. The van der Waals surface area contributed by atoms with Gasteiger partial charge in [-0.25, -0.2) is 5.01 Å². The molecule has 1 fully saturated rings. The van der Waals surface area contributed by atoms with Crippen LogP contribution in [0.3, 0.4) is 0 Å². The molecule has 1 aliphatic heterocycles. The van der Waals surface area contributed by atoms with Gasteiger partial charge in [-0.05, 0) is 25.0 Å². The highest BCUT2D eigenvalue weighted by Crippen LogP contribution is 2.20. The second-order valence-electron chi connectivity index (χ2n) is 4.98. The zero-order chi connectivity index (χ0) is 16.1. The summed E-state index contributed by atoms with van der Waals surface area (Å²) in [5.74, 6) is 0.324. The van der Waals surface area contributed by atoms with Crippen LogP contribution < -0.4 is 10.7 Å². The van der Waals surface area contributed by atoms with Gasteiger partial charge in [0.25, 0.3) is 5.69 Å². The van der Waals surface area contributed by atoms with Gasteiger partial charge < -0.3 is 15.7 Å². The Morgan fingerprint density at radius 2 is 2.05 bits per heavy atom. The summed E-state index contributed by atoms with van der Waals surface area (Å²) in [5.41, 5.74) is 6.62. The second-order valence-corrected chi connectivity index (χ2v) is 4.98. The van der Waals surface area contributed by atoms with Crippen LogP contribution in [-0.2, 0) is 0 Å². The molecule has 8 heteroatoms. The zero-order valence-electron chi connectivity index (χ0n) is 12.1. The minimum absolute atomic E-state index is 0.00901. The van der Waals surface area contributed by atoms with E-state index in [0.29, 0.717) is 37.6 Å². The average Bonchev–Trinajstić information content (AvgIpc) is 2.53. The summed E-state index contributed by atoms with van der Waals surface area (Å²) in [7, 11) is 0. The van der Waals surface area contributed by atoms with Gasteiger partial charge in [-0.15, -0.1) is 5.10 Å². The highest BCUT2D eigenvalue weighted by Gasteiger charge is 2.19. The topological polar surface area (TPSA) is 108 Å². The van der Waals surface area contributed by atoms with Gasteiger partial charge in [-0.1, -0.05) is 6.58 Å².